The molecule has 8 heteroatoms. The highest BCUT2D eigenvalue weighted by Gasteiger charge is 2.29. The van der Waals surface area contributed by atoms with E-state index >= 15 is 0 Å². The minimum Gasteiger partial charge on any atom is -0.336 e. The molecule has 0 aromatic heterocycles. The van der Waals surface area contributed by atoms with Gasteiger partial charge in [-0.05, 0) is 31.4 Å². The first kappa shape index (κ1) is 19.8. The predicted octanol–water partition coefficient (Wildman–Crippen LogP) is 1.62. The number of thioether (sulfide) groups is 1. The fourth-order valence-corrected chi connectivity index (χ4v) is 6.27. The Hall–Kier alpha value is -1.54. The summed E-state index contributed by atoms with van der Waals surface area (Å²) >= 11 is 1.36. The molecule has 0 saturated carbocycles. The predicted molar refractivity (Wildman–Crippen MR) is 102 cm³/mol. The van der Waals surface area contributed by atoms with Crippen molar-refractivity contribution in [3.8, 4) is 0 Å². The number of carbonyl (C=O) groups is 2. The van der Waals surface area contributed by atoms with Crippen molar-refractivity contribution in [2.24, 2.45) is 0 Å². The van der Waals surface area contributed by atoms with Gasteiger partial charge in [-0.15, -0.1) is 11.8 Å². The summed E-state index contributed by atoms with van der Waals surface area (Å²) in [6, 6.07) is 5.77. The van der Waals surface area contributed by atoms with Crippen LogP contribution in [0, 0.1) is 13.8 Å². The molecule has 1 atom stereocenters. The normalized spacial score (nSPS) is 18.8. The van der Waals surface area contributed by atoms with E-state index in [-0.39, 0.29) is 40.9 Å². The molecule has 1 fully saturated rings. The number of benzene rings is 1. The van der Waals surface area contributed by atoms with Gasteiger partial charge in [0, 0.05) is 18.0 Å². The molecule has 1 N–H and O–H groups in total. The van der Waals surface area contributed by atoms with Crippen molar-refractivity contribution in [2.45, 2.75) is 25.5 Å². The molecule has 2 rings (SSSR count). The monoisotopic (exact) mass is 384 g/mol. The number of anilines is 1. The molecule has 2 amide bonds. The van der Waals surface area contributed by atoms with Gasteiger partial charge >= 0.3 is 0 Å². The van der Waals surface area contributed by atoms with Crippen molar-refractivity contribution in [1.29, 1.82) is 0 Å². The van der Waals surface area contributed by atoms with E-state index in [0.717, 1.165) is 16.8 Å². The van der Waals surface area contributed by atoms with E-state index < -0.39 is 9.84 Å². The number of amides is 2. The first-order valence-electron chi connectivity index (χ1n) is 8.10. The van der Waals surface area contributed by atoms with Crippen LogP contribution in [-0.4, -0.2) is 61.2 Å². The number of hydrogen-bond acceptors (Lipinski definition) is 5. The fraction of sp³-hybridized carbons (Fsp3) is 0.529. The molecular weight excluding hydrogens is 360 g/mol. The van der Waals surface area contributed by atoms with Gasteiger partial charge in [0.15, 0.2) is 9.84 Å². The lowest BCUT2D eigenvalue weighted by atomic mass is 10.1. The highest BCUT2D eigenvalue weighted by Crippen LogP contribution is 2.24. The summed E-state index contributed by atoms with van der Waals surface area (Å²) in [6.07, 6.45) is 0.594. The zero-order chi connectivity index (χ0) is 18.6. The van der Waals surface area contributed by atoms with Crippen LogP contribution in [0.1, 0.15) is 17.5 Å². The van der Waals surface area contributed by atoms with Gasteiger partial charge in [-0.1, -0.05) is 18.2 Å². The summed E-state index contributed by atoms with van der Waals surface area (Å²) in [4.78, 5) is 25.7. The minimum atomic E-state index is -2.94. The fourth-order valence-electron chi connectivity index (χ4n) is 2.69. The van der Waals surface area contributed by atoms with E-state index in [0.29, 0.717) is 6.42 Å². The molecule has 0 bridgehead atoms. The lowest BCUT2D eigenvalue weighted by molar-refractivity contribution is -0.131. The Morgan fingerprint density at radius 1 is 1.28 bits per heavy atom. The Balaban J connectivity index is 1.81. The first-order chi connectivity index (χ1) is 11.7. The van der Waals surface area contributed by atoms with Crippen LogP contribution in [0.5, 0.6) is 0 Å². The van der Waals surface area contributed by atoms with E-state index in [2.05, 4.69) is 5.32 Å². The number of hydrogen-bond donors (Lipinski definition) is 1. The third kappa shape index (κ3) is 5.74. The van der Waals surface area contributed by atoms with Gasteiger partial charge in [0.25, 0.3) is 0 Å². The quantitative estimate of drug-likeness (QED) is 0.806. The van der Waals surface area contributed by atoms with Crippen molar-refractivity contribution in [2.75, 3.05) is 36.2 Å². The first-order valence-corrected chi connectivity index (χ1v) is 11.0. The number of carbonyl (C=O) groups excluding carboxylic acids is 2. The van der Waals surface area contributed by atoms with Crippen LogP contribution in [0.25, 0.3) is 0 Å². The molecule has 1 aromatic carbocycles. The molecule has 1 aromatic rings. The molecule has 0 aliphatic carbocycles. The summed E-state index contributed by atoms with van der Waals surface area (Å²) in [5, 5.41) is 2.83. The molecule has 6 nitrogen and oxygen atoms in total. The number of para-hydroxylation sites is 1. The standard InChI is InChI=1S/C17H24N2O4S2/c1-12-5-4-6-13(2)17(12)18-15(20)9-19(3)16(21)10-24-14-7-8-25(22,23)11-14/h4-6,14H,7-11H2,1-3H3,(H,18,20)/t14-/m0/s1. The number of nitrogens with zero attached hydrogens (tertiary/aromatic N) is 1. The number of likely N-dealkylation sites (N-methyl/N-ethyl adjacent to an activating group) is 1. The summed E-state index contributed by atoms with van der Waals surface area (Å²) in [7, 11) is -1.35. The van der Waals surface area contributed by atoms with Gasteiger partial charge < -0.3 is 10.2 Å². The van der Waals surface area contributed by atoms with Gasteiger partial charge in [-0.25, -0.2) is 8.42 Å². The van der Waals surface area contributed by atoms with Crippen LogP contribution in [0.15, 0.2) is 18.2 Å². The Morgan fingerprint density at radius 2 is 1.92 bits per heavy atom. The Bertz CT molecular complexity index is 742. The molecule has 1 aliphatic rings. The Morgan fingerprint density at radius 3 is 2.48 bits per heavy atom. The molecule has 1 aliphatic heterocycles. The van der Waals surface area contributed by atoms with Crippen molar-refractivity contribution in [1.82, 2.24) is 4.90 Å². The smallest absolute Gasteiger partial charge is 0.243 e. The van der Waals surface area contributed by atoms with E-state index in [1.807, 2.05) is 32.0 Å². The van der Waals surface area contributed by atoms with E-state index in [9.17, 15) is 18.0 Å². The summed E-state index contributed by atoms with van der Waals surface area (Å²) in [5.74, 6) is 0.106. The third-order valence-electron chi connectivity index (χ3n) is 4.19. The average Bonchev–Trinajstić information content (AvgIpc) is 2.88. The second-order valence-corrected chi connectivity index (χ2v) is 9.92. The summed E-state index contributed by atoms with van der Waals surface area (Å²) < 4.78 is 22.9. The number of sulfone groups is 1. The van der Waals surface area contributed by atoms with Crippen LogP contribution < -0.4 is 5.32 Å². The van der Waals surface area contributed by atoms with Crippen molar-refractivity contribution in [3.63, 3.8) is 0 Å². The maximum Gasteiger partial charge on any atom is 0.243 e. The largest absolute Gasteiger partial charge is 0.336 e. The molecule has 25 heavy (non-hydrogen) atoms. The molecule has 138 valence electrons. The molecular formula is C17H24N2O4S2. The lowest BCUT2D eigenvalue weighted by Crippen LogP contribution is -2.36. The van der Waals surface area contributed by atoms with Crippen molar-refractivity contribution >= 4 is 39.1 Å². The molecule has 0 spiro atoms. The second kappa shape index (κ2) is 8.23. The van der Waals surface area contributed by atoms with Gasteiger partial charge in [0.1, 0.15) is 0 Å². The molecule has 1 heterocycles. The topological polar surface area (TPSA) is 83.6 Å². The maximum atomic E-state index is 12.2. The molecule has 0 unspecified atom stereocenters. The summed E-state index contributed by atoms with van der Waals surface area (Å²) in [6.45, 7) is 3.81. The van der Waals surface area contributed by atoms with Crippen LogP contribution >= 0.6 is 11.8 Å². The lowest BCUT2D eigenvalue weighted by Gasteiger charge is -2.18. The zero-order valence-electron chi connectivity index (χ0n) is 14.7. The Labute approximate surface area is 153 Å². The van der Waals surface area contributed by atoms with Gasteiger partial charge in [-0.2, -0.15) is 0 Å². The van der Waals surface area contributed by atoms with Crippen LogP contribution in [0.4, 0.5) is 5.69 Å². The second-order valence-electron chi connectivity index (χ2n) is 6.40. The van der Waals surface area contributed by atoms with Crippen LogP contribution in [-0.2, 0) is 19.4 Å². The summed E-state index contributed by atoms with van der Waals surface area (Å²) in [5.41, 5.74) is 2.72. The van der Waals surface area contributed by atoms with Crippen molar-refractivity contribution < 1.29 is 18.0 Å². The van der Waals surface area contributed by atoms with Gasteiger partial charge in [-0.3, -0.25) is 9.59 Å². The highest BCUT2D eigenvalue weighted by atomic mass is 32.2. The molecule has 0 radical (unpaired) electrons. The SMILES string of the molecule is Cc1cccc(C)c1NC(=O)CN(C)C(=O)CS[C@H]1CCS(=O)(=O)C1. The van der Waals surface area contributed by atoms with Crippen LogP contribution in [0.3, 0.4) is 0 Å². The average molecular weight is 385 g/mol. The van der Waals surface area contributed by atoms with Crippen molar-refractivity contribution in [3.05, 3.63) is 29.3 Å². The Kier molecular flexibility index (Phi) is 6.51. The van der Waals surface area contributed by atoms with Crippen LogP contribution in [0.2, 0.25) is 0 Å². The van der Waals surface area contributed by atoms with Gasteiger partial charge in [0.05, 0.1) is 23.8 Å². The van der Waals surface area contributed by atoms with E-state index in [1.165, 1.54) is 16.7 Å². The number of rotatable bonds is 6. The highest BCUT2D eigenvalue weighted by molar-refractivity contribution is 8.02. The third-order valence-corrected chi connectivity index (χ3v) is 7.45. The number of aryl methyl sites for hydroxylation is 2. The minimum absolute atomic E-state index is 0.0224. The zero-order valence-corrected chi connectivity index (χ0v) is 16.4. The number of nitrogens with one attached hydrogen (secondary N) is 1. The van der Waals surface area contributed by atoms with E-state index in [1.54, 1.807) is 7.05 Å². The maximum absolute atomic E-state index is 12.2. The van der Waals surface area contributed by atoms with Gasteiger partial charge in [0.2, 0.25) is 11.8 Å². The molecule has 1 saturated heterocycles. The van der Waals surface area contributed by atoms with E-state index in [4.69, 9.17) is 0 Å².